The second kappa shape index (κ2) is 13.9. The highest BCUT2D eigenvalue weighted by atomic mass is 15.1. The molecule has 2 aromatic carbocycles. The summed E-state index contributed by atoms with van der Waals surface area (Å²) in [5.41, 5.74) is 2.09. The summed E-state index contributed by atoms with van der Waals surface area (Å²) in [4.78, 5) is 9.72. The summed E-state index contributed by atoms with van der Waals surface area (Å²) in [7, 11) is 1.81. The van der Waals surface area contributed by atoms with Crippen LogP contribution in [0, 0.1) is 5.92 Å². The van der Waals surface area contributed by atoms with E-state index in [1.54, 1.807) is 0 Å². The standard InChI is InChI=1S/C28H35N3/c1-5-7-11-17-23(3)26(22-12-8-6-2)30-28(25-20-15-10-16-21-25)31-27(29-4)24-18-13-9-14-19-24/h5,7-16,18-21,23,26H,1,6,17,22H2,2-4H3,(H,29,30,31)/b11-7-,12-8-/t23?,26-/m1/s1. The van der Waals surface area contributed by atoms with E-state index in [9.17, 15) is 0 Å². The molecule has 0 radical (unpaired) electrons. The first-order valence-electron chi connectivity index (χ1n) is 11.0. The van der Waals surface area contributed by atoms with Gasteiger partial charge in [-0.15, -0.1) is 0 Å². The zero-order valence-corrected chi connectivity index (χ0v) is 19.0. The molecule has 1 unspecified atom stereocenters. The second-order valence-corrected chi connectivity index (χ2v) is 7.47. The molecule has 0 bridgehead atoms. The molecule has 2 aromatic rings. The van der Waals surface area contributed by atoms with Gasteiger partial charge in [0.1, 0.15) is 11.7 Å². The van der Waals surface area contributed by atoms with E-state index in [0.717, 1.165) is 42.1 Å². The number of aliphatic imine (C=N–C) groups is 2. The van der Waals surface area contributed by atoms with Crippen molar-refractivity contribution in [3.63, 3.8) is 0 Å². The molecule has 0 heterocycles. The number of nitrogens with zero attached hydrogens (tertiary/aromatic N) is 2. The van der Waals surface area contributed by atoms with E-state index < -0.39 is 0 Å². The van der Waals surface area contributed by atoms with E-state index in [2.05, 4.69) is 73.2 Å². The molecular formula is C28H35N3. The van der Waals surface area contributed by atoms with E-state index >= 15 is 0 Å². The molecule has 0 aromatic heterocycles. The summed E-state index contributed by atoms with van der Waals surface area (Å²) < 4.78 is 0. The summed E-state index contributed by atoms with van der Waals surface area (Å²) in [6.07, 6.45) is 13.3. The Kier molecular flexibility index (Phi) is 10.8. The Morgan fingerprint density at radius 3 is 2.06 bits per heavy atom. The lowest BCUT2D eigenvalue weighted by Gasteiger charge is -2.21. The zero-order chi connectivity index (χ0) is 22.3. The number of amidine groups is 2. The number of benzene rings is 2. The second-order valence-electron chi connectivity index (χ2n) is 7.47. The molecule has 0 aliphatic rings. The molecule has 0 fully saturated rings. The maximum atomic E-state index is 5.22. The molecule has 2 atom stereocenters. The van der Waals surface area contributed by atoms with Crippen molar-refractivity contribution in [2.75, 3.05) is 7.05 Å². The van der Waals surface area contributed by atoms with E-state index in [1.807, 2.05) is 55.6 Å². The van der Waals surface area contributed by atoms with Crippen LogP contribution in [0.1, 0.15) is 44.2 Å². The normalized spacial score (nSPS) is 14.7. The lowest BCUT2D eigenvalue weighted by molar-refractivity contribution is 0.464. The van der Waals surface area contributed by atoms with Crippen molar-refractivity contribution in [3.8, 4) is 0 Å². The maximum absolute atomic E-state index is 5.22. The quantitative estimate of drug-likeness (QED) is 0.203. The van der Waals surface area contributed by atoms with Crippen LogP contribution in [0.3, 0.4) is 0 Å². The van der Waals surface area contributed by atoms with E-state index in [4.69, 9.17) is 4.99 Å². The smallest absolute Gasteiger partial charge is 0.134 e. The third kappa shape index (κ3) is 8.21. The fraction of sp³-hybridized carbons (Fsp3) is 0.286. The summed E-state index contributed by atoms with van der Waals surface area (Å²) in [5, 5.41) is 3.52. The number of rotatable bonds is 10. The summed E-state index contributed by atoms with van der Waals surface area (Å²) >= 11 is 0. The Hall–Kier alpha value is -3.20. The van der Waals surface area contributed by atoms with Crippen molar-refractivity contribution in [2.24, 2.45) is 15.9 Å². The number of hydrogen-bond donors (Lipinski definition) is 1. The molecule has 31 heavy (non-hydrogen) atoms. The first-order chi connectivity index (χ1) is 15.2. The average molecular weight is 414 g/mol. The predicted octanol–water partition coefficient (Wildman–Crippen LogP) is 6.59. The third-order valence-corrected chi connectivity index (χ3v) is 5.07. The number of hydrogen-bond acceptors (Lipinski definition) is 2. The fourth-order valence-electron chi connectivity index (χ4n) is 3.27. The molecule has 0 spiro atoms. The van der Waals surface area contributed by atoms with Crippen LogP contribution in [0.25, 0.3) is 0 Å². The molecular weight excluding hydrogens is 378 g/mol. The van der Waals surface area contributed by atoms with Gasteiger partial charge in [0.15, 0.2) is 0 Å². The highest BCUT2D eigenvalue weighted by Crippen LogP contribution is 2.18. The first kappa shape index (κ1) is 24.1. The van der Waals surface area contributed by atoms with E-state index in [-0.39, 0.29) is 6.04 Å². The summed E-state index contributed by atoms with van der Waals surface area (Å²) in [6, 6.07) is 20.6. The van der Waals surface area contributed by atoms with Crippen LogP contribution in [-0.4, -0.2) is 24.8 Å². The molecule has 0 amide bonds. The highest BCUT2D eigenvalue weighted by Gasteiger charge is 2.17. The van der Waals surface area contributed by atoms with Crippen molar-refractivity contribution < 1.29 is 0 Å². The average Bonchev–Trinajstić information content (AvgIpc) is 2.82. The van der Waals surface area contributed by atoms with Crippen LogP contribution in [0.15, 0.2) is 108 Å². The minimum absolute atomic E-state index is 0.147. The Morgan fingerprint density at radius 2 is 1.52 bits per heavy atom. The van der Waals surface area contributed by atoms with E-state index in [0.29, 0.717) is 5.92 Å². The van der Waals surface area contributed by atoms with Crippen LogP contribution >= 0.6 is 0 Å². The van der Waals surface area contributed by atoms with Crippen molar-refractivity contribution in [3.05, 3.63) is 109 Å². The molecule has 162 valence electrons. The molecule has 0 aliphatic heterocycles. The van der Waals surface area contributed by atoms with Crippen LogP contribution in [0.5, 0.6) is 0 Å². The Morgan fingerprint density at radius 1 is 0.903 bits per heavy atom. The minimum atomic E-state index is 0.147. The van der Waals surface area contributed by atoms with Gasteiger partial charge in [-0.2, -0.15) is 0 Å². The summed E-state index contributed by atoms with van der Waals surface area (Å²) in [6.45, 7) is 8.19. The SMILES string of the molecule is C=C/C=C\CC(C)[C@@H](C/C=C\CC)N=C(NC(=NC)c1ccccc1)c1ccccc1. The molecule has 2 rings (SSSR count). The topological polar surface area (TPSA) is 36.8 Å². The molecule has 0 saturated carbocycles. The van der Waals surface area contributed by atoms with Gasteiger partial charge in [0.05, 0.1) is 6.04 Å². The van der Waals surface area contributed by atoms with Gasteiger partial charge in [-0.25, -0.2) is 0 Å². The van der Waals surface area contributed by atoms with Crippen LogP contribution < -0.4 is 5.32 Å². The van der Waals surface area contributed by atoms with Crippen LogP contribution in [-0.2, 0) is 0 Å². The van der Waals surface area contributed by atoms with Gasteiger partial charge in [-0.1, -0.05) is 111 Å². The van der Waals surface area contributed by atoms with E-state index in [1.165, 1.54) is 0 Å². The van der Waals surface area contributed by atoms with Crippen LogP contribution in [0.2, 0.25) is 0 Å². The predicted molar refractivity (Wildman–Crippen MR) is 136 cm³/mol. The molecule has 0 saturated heterocycles. The summed E-state index contributed by atoms with van der Waals surface area (Å²) in [5.74, 6) is 2.04. The lowest BCUT2D eigenvalue weighted by Crippen LogP contribution is -2.34. The lowest BCUT2D eigenvalue weighted by atomic mass is 9.95. The Labute approximate surface area is 188 Å². The molecule has 3 nitrogen and oxygen atoms in total. The first-order valence-corrected chi connectivity index (χ1v) is 11.0. The number of nitrogens with one attached hydrogen (secondary N) is 1. The van der Waals surface area contributed by atoms with Gasteiger partial charge in [0, 0.05) is 18.2 Å². The molecule has 1 N–H and O–H groups in total. The van der Waals surface area contributed by atoms with Crippen molar-refractivity contribution in [2.45, 2.75) is 39.2 Å². The number of allylic oxidation sites excluding steroid dienone is 4. The van der Waals surface area contributed by atoms with Crippen molar-refractivity contribution in [1.29, 1.82) is 0 Å². The van der Waals surface area contributed by atoms with Gasteiger partial charge < -0.3 is 5.32 Å². The maximum Gasteiger partial charge on any atom is 0.134 e. The fourth-order valence-corrected chi connectivity index (χ4v) is 3.27. The van der Waals surface area contributed by atoms with Crippen molar-refractivity contribution >= 4 is 11.7 Å². The highest BCUT2D eigenvalue weighted by molar-refractivity contribution is 6.14. The molecule has 0 aliphatic carbocycles. The van der Waals surface area contributed by atoms with Crippen LogP contribution in [0.4, 0.5) is 0 Å². The van der Waals surface area contributed by atoms with Gasteiger partial charge in [-0.05, 0) is 25.2 Å². The Bertz CT molecular complexity index is 892. The van der Waals surface area contributed by atoms with Crippen molar-refractivity contribution in [1.82, 2.24) is 5.32 Å². The van der Waals surface area contributed by atoms with Gasteiger partial charge >= 0.3 is 0 Å². The molecule has 3 heteroatoms. The zero-order valence-electron chi connectivity index (χ0n) is 19.0. The Balaban J connectivity index is 2.41. The van der Waals surface area contributed by atoms with Gasteiger partial charge in [0.25, 0.3) is 0 Å². The third-order valence-electron chi connectivity index (χ3n) is 5.07. The monoisotopic (exact) mass is 413 g/mol. The largest absolute Gasteiger partial charge is 0.325 e. The van der Waals surface area contributed by atoms with Gasteiger partial charge in [-0.3, -0.25) is 9.98 Å². The minimum Gasteiger partial charge on any atom is -0.325 e. The van der Waals surface area contributed by atoms with Gasteiger partial charge in [0.2, 0.25) is 0 Å².